The molecule has 3 heteroatoms. The first-order chi connectivity index (χ1) is 9.89. The highest BCUT2D eigenvalue weighted by molar-refractivity contribution is 7.11. The van der Waals surface area contributed by atoms with Gasteiger partial charge in [-0.3, -0.25) is 0 Å². The highest BCUT2D eigenvalue weighted by Crippen LogP contribution is 2.38. The Balaban J connectivity index is 2.12. The molecule has 1 heterocycles. The number of hydrogen-bond acceptors (Lipinski definition) is 3. The van der Waals surface area contributed by atoms with Crippen molar-refractivity contribution in [3.63, 3.8) is 0 Å². The van der Waals surface area contributed by atoms with Crippen LogP contribution in [0.4, 0.5) is 0 Å². The zero-order valence-electron chi connectivity index (χ0n) is 14.5. The third-order valence-electron chi connectivity index (χ3n) is 4.35. The molecule has 0 saturated heterocycles. The Labute approximate surface area is 134 Å². The molecule has 21 heavy (non-hydrogen) atoms. The van der Waals surface area contributed by atoms with Crippen molar-refractivity contribution in [2.24, 2.45) is 5.92 Å². The second-order valence-electron chi connectivity index (χ2n) is 7.74. The van der Waals surface area contributed by atoms with E-state index in [0.717, 1.165) is 24.8 Å². The van der Waals surface area contributed by atoms with Crippen molar-refractivity contribution in [3.05, 3.63) is 15.6 Å². The normalized spacial score (nSPS) is 23.5. The third-order valence-corrected chi connectivity index (χ3v) is 5.61. The first kappa shape index (κ1) is 17.0. The molecular formula is C18H32N2S. The monoisotopic (exact) mass is 308 g/mol. The van der Waals surface area contributed by atoms with E-state index < -0.39 is 0 Å². The molecule has 1 aromatic heterocycles. The minimum absolute atomic E-state index is 0.174. The van der Waals surface area contributed by atoms with Gasteiger partial charge in [-0.05, 0) is 46.0 Å². The molecule has 0 aromatic carbocycles. The van der Waals surface area contributed by atoms with Gasteiger partial charge in [0.2, 0.25) is 0 Å². The van der Waals surface area contributed by atoms with E-state index in [4.69, 9.17) is 4.98 Å². The number of aromatic nitrogens is 1. The number of thiazole rings is 1. The lowest BCUT2D eigenvalue weighted by Gasteiger charge is -2.24. The molecule has 2 unspecified atom stereocenters. The minimum atomic E-state index is 0.174. The molecule has 1 aliphatic carbocycles. The number of nitrogens with zero attached hydrogens (tertiary/aromatic N) is 1. The predicted octanol–water partition coefficient (Wildman–Crippen LogP) is 5.28. The Morgan fingerprint density at radius 3 is 2.67 bits per heavy atom. The molecule has 120 valence electrons. The second-order valence-corrected chi connectivity index (χ2v) is 8.86. The van der Waals surface area contributed by atoms with Crippen LogP contribution < -0.4 is 5.32 Å². The van der Waals surface area contributed by atoms with Gasteiger partial charge in [0.05, 0.1) is 10.7 Å². The summed E-state index contributed by atoms with van der Waals surface area (Å²) in [5.41, 5.74) is 1.53. The molecule has 2 atom stereocenters. The van der Waals surface area contributed by atoms with Gasteiger partial charge in [-0.1, -0.05) is 33.1 Å². The smallest absolute Gasteiger partial charge is 0.0962 e. The lowest BCUT2D eigenvalue weighted by molar-refractivity contribution is 0.343. The van der Waals surface area contributed by atoms with Crippen molar-refractivity contribution >= 4 is 11.3 Å². The summed E-state index contributed by atoms with van der Waals surface area (Å²) >= 11 is 1.98. The summed E-state index contributed by atoms with van der Waals surface area (Å²) < 4.78 is 0. The van der Waals surface area contributed by atoms with E-state index in [0.29, 0.717) is 0 Å². The molecule has 2 nitrogen and oxygen atoms in total. The van der Waals surface area contributed by atoms with Crippen molar-refractivity contribution in [1.29, 1.82) is 0 Å². The third kappa shape index (κ3) is 5.07. The Morgan fingerprint density at radius 2 is 2.05 bits per heavy atom. The zero-order valence-corrected chi connectivity index (χ0v) is 15.3. The molecule has 1 N–H and O–H groups in total. The predicted molar refractivity (Wildman–Crippen MR) is 93.1 cm³/mol. The molecule has 1 saturated carbocycles. The fraction of sp³-hybridized carbons (Fsp3) is 0.833. The number of rotatable bonds is 5. The fourth-order valence-electron chi connectivity index (χ4n) is 3.15. The molecule has 1 aliphatic rings. The Bertz CT molecular complexity index is 445. The summed E-state index contributed by atoms with van der Waals surface area (Å²) in [6, 6.07) is 0. The van der Waals surface area contributed by atoms with Crippen LogP contribution in [0.5, 0.6) is 0 Å². The SMILES string of the molecule is CCCc1nc(C2CCCC(C)C2)sc1CNC(C)(C)C. The quantitative estimate of drug-likeness (QED) is 0.800. The maximum Gasteiger partial charge on any atom is 0.0962 e. The molecule has 2 rings (SSSR count). The molecule has 1 fully saturated rings. The van der Waals surface area contributed by atoms with Gasteiger partial charge in [-0.25, -0.2) is 4.98 Å². The van der Waals surface area contributed by atoms with E-state index in [1.807, 2.05) is 11.3 Å². The number of hydrogen-bond donors (Lipinski definition) is 1. The molecule has 0 amide bonds. The molecule has 0 spiro atoms. The van der Waals surface area contributed by atoms with E-state index >= 15 is 0 Å². The van der Waals surface area contributed by atoms with Crippen LogP contribution in [0, 0.1) is 5.92 Å². The second kappa shape index (κ2) is 7.23. The average Bonchev–Trinajstić information content (AvgIpc) is 2.79. The summed E-state index contributed by atoms with van der Waals surface area (Å²) in [5.74, 6) is 1.59. The van der Waals surface area contributed by atoms with Crippen molar-refractivity contribution in [1.82, 2.24) is 10.3 Å². The van der Waals surface area contributed by atoms with Crippen molar-refractivity contribution in [3.8, 4) is 0 Å². The highest BCUT2D eigenvalue weighted by Gasteiger charge is 2.24. The van der Waals surface area contributed by atoms with Crippen LogP contribution in [0.2, 0.25) is 0 Å². The van der Waals surface area contributed by atoms with Gasteiger partial charge in [0.15, 0.2) is 0 Å². The van der Waals surface area contributed by atoms with Gasteiger partial charge in [0.25, 0.3) is 0 Å². The molecule has 0 aliphatic heterocycles. The average molecular weight is 309 g/mol. The Kier molecular flexibility index (Phi) is 5.84. The van der Waals surface area contributed by atoms with E-state index in [-0.39, 0.29) is 5.54 Å². The summed E-state index contributed by atoms with van der Waals surface area (Å²) in [5, 5.41) is 5.05. The van der Waals surface area contributed by atoms with Gasteiger partial charge in [-0.15, -0.1) is 11.3 Å². The standard InChI is InChI=1S/C18H32N2S/c1-6-8-15-16(12-19-18(3,4)5)21-17(20-15)14-10-7-9-13(2)11-14/h13-14,19H,6-12H2,1-5H3. The lowest BCUT2D eigenvalue weighted by Crippen LogP contribution is -2.35. The van der Waals surface area contributed by atoms with E-state index in [1.54, 1.807) is 0 Å². The summed E-state index contributed by atoms with van der Waals surface area (Å²) in [4.78, 5) is 6.51. The first-order valence-corrected chi connectivity index (χ1v) is 9.44. The maximum atomic E-state index is 5.04. The van der Waals surface area contributed by atoms with Crippen LogP contribution >= 0.6 is 11.3 Å². The van der Waals surface area contributed by atoms with Crippen LogP contribution in [-0.2, 0) is 13.0 Å². The van der Waals surface area contributed by atoms with Crippen LogP contribution in [0.25, 0.3) is 0 Å². The molecule has 0 radical (unpaired) electrons. The zero-order chi connectivity index (χ0) is 15.5. The van der Waals surface area contributed by atoms with Crippen LogP contribution in [0.15, 0.2) is 0 Å². The van der Waals surface area contributed by atoms with Gasteiger partial charge < -0.3 is 5.32 Å². The van der Waals surface area contributed by atoms with Crippen molar-refractivity contribution in [2.75, 3.05) is 0 Å². The summed E-state index contributed by atoms with van der Waals surface area (Å²) in [6.45, 7) is 12.3. The topological polar surface area (TPSA) is 24.9 Å². The van der Waals surface area contributed by atoms with Gasteiger partial charge in [0, 0.05) is 22.9 Å². The highest BCUT2D eigenvalue weighted by atomic mass is 32.1. The summed E-state index contributed by atoms with van der Waals surface area (Å²) in [6.07, 6.45) is 7.78. The maximum absolute atomic E-state index is 5.04. The van der Waals surface area contributed by atoms with Crippen LogP contribution in [0.3, 0.4) is 0 Å². The Hall–Kier alpha value is -0.410. The minimum Gasteiger partial charge on any atom is -0.307 e. The lowest BCUT2D eigenvalue weighted by atomic mass is 9.83. The fourth-order valence-corrected chi connectivity index (χ4v) is 4.35. The van der Waals surface area contributed by atoms with Crippen molar-refractivity contribution < 1.29 is 0 Å². The van der Waals surface area contributed by atoms with Crippen LogP contribution in [0.1, 0.15) is 88.2 Å². The summed E-state index contributed by atoms with van der Waals surface area (Å²) in [7, 11) is 0. The number of nitrogens with one attached hydrogen (secondary N) is 1. The Morgan fingerprint density at radius 1 is 1.29 bits per heavy atom. The van der Waals surface area contributed by atoms with Gasteiger partial charge in [0.1, 0.15) is 0 Å². The molecule has 0 bridgehead atoms. The van der Waals surface area contributed by atoms with E-state index in [9.17, 15) is 0 Å². The van der Waals surface area contributed by atoms with E-state index in [1.165, 1.54) is 47.7 Å². The van der Waals surface area contributed by atoms with Gasteiger partial charge >= 0.3 is 0 Å². The number of aryl methyl sites for hydroxylation is 1. The van der Waals surface area contributed by atoms with Crippen molar-refractivity contribution in [2.45, 2.75) is 91.1 Å². The molecular weight excluding hydrogens is 276 g/mol. The van der Waals surface area contributed by atoms with E-state index in [2.05, 4.69) is 39.9 Å². The molecule has 1 aromatic rings. The van der Waals surface area contributed by atoms with Crippen LogP contribution in [-0.4, -0.2) is 10.5 Å². The largest absolute Gasteiger partial charge is 0.307 e. The van der Waals surface area contributed by atoms with Gasteiger partial charge in [-0.2, -0.15) is 0 Å². The first-order valence-electron chi connectivity index (χ1n) is 8.62.